The fourth-order valence-electron chi connectivity index (χ4n) is 5.10. The fraction of sp³-hybridized carbons (Fsp3) is 0.737. The van der Waals surface area contributed by atoms with Gasteiger partial charge in [0.2, 0.25) is 0 Å². The summed E-state index contributed by atoms with van der Waals surface area (Å²) in [6, 6.07) is 0. The molecule has 0 aromatic heterocycles. The molecule has 0 spiro atoms. The van der Waals surface area contributed by atoms with Crippen LogP contribution in [-0.4, -0.2) is 41.1 Å². The Labute approximate surface area is 147 Å². The first-order valence-electron chi connectivity index (χ1n) is 8.94. The molecule has 2 fully saturated rings. The van der Waals surface area contributed by atoms with Crippen LogP contribution >= 0.6 is 0 Å². The van der Waals surface area contributed by atoms with Gasteiger partial charge < -0.3 is 14.6 Å². The Morgan fingerprint density at radius 3 is 2.76 bits per heavy atom. The van der Waals surface area contributed by atoms with Crippen molar-refractivity contribution in [1.82, 2.24) is 0 Å². The maximum absolute atomic E-state index is 12.8. The van der Waals surface area contributed by atoms with Gasteiger partial charge in [-0.3, -0.25) is 14.4 Å². The molecule has 1 heterocycles. The van der Waals surface area contributed by atoms with Crippen LogP contribution in [-0.2, 0) is 23.9 Å². The number of aliphatic hydroxyl groups excluding tert-OH is 1. The molecular formula is C19H26O6. The number of aliphatic hydroxyl groups is 1. The van der Waals surface area contributed by atoms with Crippen molar-refractivity contribution >= 4 is 17.7 Å². The van der Waals surface area contributed by atoms with Gasteiger partial charge in [-0.25, -0.2) is 0 Å². The highest BCUT2D eigenvalue weighted by Gasteiger charge is 2.63. The normalized spacial score (nSPS) is 43.9. The minimum absolute atomic E-state index is 0.0687. The van der Waals surface area contributed by atoms with Crippen molar-refractivity contribution in [1.29, 1.82) is 0 Å². The van der Waals surface area contributed by atoms with Crippen LogP contribution in [0.5, 0.6) is 0 Å². The summed E-state index contributed by atoms with van der Waals surface area (Å²) in [6.45, 7) is 6.80. The third-order valence-electron chi connectivity index (χ3n) is 6.19. The van der Waals surface area contributed by atoms with E-state index in [1.54, 1.807) is 13.0 Å². The summed E-state index contributed by atoms with van der Waals surface area (Å²) in [4.78, 5) is 37.0. The van der Waals surface area contributed by atoms with Gasteiger partial charge in [0.15, 0.2) is 5.78 Å². The summed E-state index contributed by atoms with van der Waals surface area (Å²) >= 11 is 0. The molecule has 25 heavy (non-hydrogen) atoms. The Balaban J connectivity index is 2.08. The molecule has 0 amide bonds. The highest BCUT2D eigenvalue weighted by molar-refractivity contribution is 5.98. The van der Waals surface area contributed by atoms with Crippen LogP contribution in [0, 0.1) is 29.1 Å². The van der Waals surface area contributed by atoms with E-state index in [0.717, 1.165) is 0 Å². The van der Waals surface area contributed by atoms with Crippen LogP contribution in [0.3, 0.4) is 0 Å². The van der Waals surface area contributed by atoms with Gasteiger partial charge in [0.05, 0.1) is 17.4 Å². The number of fused-ring (bicyclic) bond motifs is 2. The first-order valence-corrected chi connectivity index (χ1v) is 8.94. The van der Waals surface area contributed by atoms with Crippen LogP contribution < -0.4 is 0 Å². The second kappa shape index (κ2) is 6.24. The lowest BCUT2D eigenvalue weighted by Crippen LogP contribution is -2.50. The van der Waals surface area contributed by atoms with Crippen molar-refractivity contribution < 1.29 is 29.0 Å². The Bertz CT molecular complexity index is 623. The molecule has 138 valence electrons. The average Bonchev–Trinajstić information content (AvgIpc) is 2.92. The Kier molecular flexibility index (Phi) is 4.52. The van der Waals surface area contributed by atoms with E-state index in [0.29, 0.717) is 6.42 Å². The van der Waals surface area contributed by atoms with Gasteiger partial charge in [0.25, 0.3) is 0 Å². The van der Waals surface area contributed by atoms with Crippen molar-refractivity contribution in [2.24, 2.45) is 29.1 Å². The molecule has 1 saturated heterocycles. The first kappa shape index (κ1) is 18.1. The molecule has 8 atom stereocenters. The lowest BCUT2D eigenvalue weighted by Gasteiger charge is -2.40. The largest absolute Gasteiger partial charge is 0.462 e. The highest BCUT2D eigenvalue weighted by atomic mass is 16.6. The predicted octanol–water partition coefficient (Wildman–Crippen LogP) is 1.65. The zero-order valence-electron chi connectivity index (χ0n) is 15.1. The number of esters is 2. The van der Waals surface area contributed by atoms with E-state index in [4.69, 9.17) is 9.47 Å². The molecule has 0 bridgehead atoms. The molecule has 0 aromatic rings. The molecule has 0 unspecified atom stereocenters. The van der Waals surface area contributed by atoms with E-state index in [1.165, 1.54) is 6.92 Å². The summed E-state index contributed by atoms with van der Waals surface area (Å²) < 4.78 is 11.3. The van der Waals surface area contributed by atoms with Gasteiger partial charge in [-0.05, 0) is 44.6 Å². The maximum atomic E-state index is 12.8. The molecule has 0 radical (unpaired) electrons. The molecule has 2 aliphatic carbocycles. The topological polar surface area (TPSA) is 89.9 Å². The molecule has 0 aromatic carbocycles. The minimum atomic E-state index is -0.907. The Morgan fingerprint density at radius 1 is 1.48 bits per heavy atom. The van der Waals surface area contributed by atoms with Gasteiger partial charge >= 0.3 is 11.9 Å². The quantitative estimate of drug-likeness (QED) is 0.779. The fourth-order valence-corrected chi connectivity index (χ4v) is 5.10. The minimum Gasteiger partial charge on any atom is -0.462 e. The summed E-state index contributed by atoms with van der Waals surface area (Å²) in [5.41, 5.74) is -0.907. The van der Waals surface area contributed by atoms with Gasteiger partial charge in [-0.1, -0.05) is 13.0 Å². The number of carbonyl (C=O) groups is 3. The molecule has 1 saturated carbocycles. The van der Waals surface area contributed by atoms with Gasteiger partial charge in [0.1, 0.15) is 12.2 Å². The SMILES string of the molecule is CC(=O)O[C@H]1[C@H]2[C@H](C[C@@H](C)[C@@H]3C=CC(=O)[C@]31C)OC(=O)[C@@H]2C[C@H](C)O. The van der Waals surface area contributed by atoms with E-state index in [9.17, 15) is 19.5 Å². The standard InChI is InChI=1S/C19H26O6/c1-9-7-14-16(12(8-10(2)20)18(23)25-14)17(24-11(3)21)19(4)13(9)5-6-15(19)22/h5-6,9-10,12-14,16-17,20H,7-8H2,1-4H3/t9-,10+,12-,13+,14+,16-,17+,19+/m1/s1. The van der Waals surface area contributed by atoms with Crippen molar-refractivity contribution in [2.45, 2.75) is 58.8 Å². The van der Waals surface area contributed by atoms with Gasteiger partial charge in [-0.15, -0.1) is 0 Å². The lowest BCUT2D eigenvalue weighted by molar-refractivity contribution is -0.165. The molecule has 6 heteroatoms. The van der Waals surface area contributed by atoms with E-state index >= 15 is 0 Å². The lowest BCUT2D eigenvalue weighted by atomic mass is 9.66. The number of carbonyl (C=O) groups excluding carboxylic acids is 3. The van der Waals surface area contributed by atoms with Crippen LogP contribution in [0.15, 0.2) is 12.2 Å². The van der Waals surface area contributed by atoms with Crippen LogP contribution in [0.2, 0.25) is 0 Å². The van der Waals surface area contributed by atoms with Crippen LogP contribution in [0.4, 0.5) is 0 Å². The molecule has 6 nitrogen and oxygen atoms in total. The zero-order valence-corrected chi connectivity index (χ0v) is 15.1. The van der Waals surface area contributed by atoms with Gasteiger partial charge in [-0.2, -0.15) is 0 Å². The number of hydrogen-bond acceptors (Lipinski definition) is 6. The third kappa shape index (κ3) is 2.80. The van der Waals surface area contributed by atoms with E-state index < -0.39 is 41.5 Å². The summed E-state index contributed by atoms with van der Waals surface area (Å²) in [6.07, 6.45) is 2.48. The summed E-state index contributed by atoms with van der Waals surface area (Å²) in [5, 5.41) is 9.82. The van der Waals surface area contributed by atoms with Crippen molar-refractivity contribution in [3.05, 3.63) is 12.2 Å². The number of rotatable bonds is 3. The van der Waals surface area contributed by atoms with Crippen LogP contribution in [0.25, 0.3) is 0 Å². The zero-order chi connectivity index (χ0) is 18.5. The molecule has 3 aliphatic rings. The number of ketones is 1. The maximum Gasteiger partial charge on any atom is 0.309 e. The van der Waals surface area contributed by atoms with Crippen molar-refractivity contribution in [3.63, 3.8) is 0 Å². The van der Waals surface area contributed by atoms with Gasteiger partial charge in [0, 0.05) is 12.8 Å². The Morgan fingerprint density at radius 2 is 2.16 bits per heavy atom. The van der Waals surface area contributed by atoms with E-state index in [2.05, 4.69) is 0 Å². The van der Waals surface area contributed by atoms with Crippen molar-refractivity contribution in [2.75, 3.05) is 0 Å². The summed E-state index contributed by atoms with van der Waals surface area (Å²) in [7, 11) is 0. The Hall–Kier alpha value is -1.69. The predicted molar refractivity (Wildman–Crippen MR) is 88.2 cm³/mol. The molecule has 3 rings (SSSR count). The number of allylic oxidation sites excluding steroid dienone is 2. The van der Waals surface area contributed by atoms with Crippen LogP contribution in [0.1, 0.15) is 40.5 Å². The number of ether oxygens (including phenoxy) is 2. The second-order valence-electron chi connectivity index (χ2n) is 8.02. The first-order chi connectivity index (χ1) is 11.7. The monoisotopic (exact) mass is 350 g/mol. The average molecular weight is 350 g/mol. The number of hydrogen-bond donors (Lipinski definition) is 1. The second-order valence-corrected chi connectivity index (χ2v) is 8.02. The third-order valence-corrected chi connectivity index (χ3v) is 6.19. The van der Waals surface area contributed by atoms with E-state index in [1.807, 2.05) is 19.9 Å². The molecular weight excluding hydrogens is 324 g/mol. The highest BCUT2D eigenvalue weighted by Crippen LogP contribution is 2.55. The van der Waals surface area contributed by atoms with Crippen molar-refractivity contribution in [3.8, 4) is 0 Å². The van der Waals surface area contributed by atoms with E-state index in [-0.39, 0.29) is 30.0 Å². The molecule has 1 aliphatic heterocycles. The summed E-state index contributed by atoms with van der Waals surface area (Å²) in [5.74, 6) is -1.89. The molecule has 1 N–H and O–H groups in total. The smallest absolute Gasteiger partial charge is 0.309 e.